The Morgan fingerprint density at radius 1 is 1.31 bits per heavy atom. The van der Waals surface area contributed by atoms with Crippen molar-refractivity contribution in [2.45, 2.75) is 26.1 Å². The molecule has 1 aromatic rings. The van der Waals surface area contributed by atoms with Gasteiger partial charge in [0.2, 0.25) is 0 Å². The number of ether oxygens (including phenoxy) is 1. The lowest BCUT2D eigenvalue weighted by Gasteiger charge is -2.12. The molecule has 0 amide bonds. The van der Waals surface area contributed by atoms with Gasteiger partial charge in [-0.25, -0.2) is 8.78 Å². The molecule has 0 aliphatic rings. The lowest BCUT2D eigenvalue weighted by molar-refractivity contribution is 0.273. The summed E-state index contributed by atoms with van der Waals surface area (Å²) >= 11 is 0. The van der Waals surface area contributed by atoms with E-state index in [0.29, 0.717) is 17.7 Å². The summed E-state index contributed by atoms with van der Waals surface area (Å²) < 4.78 is 29.7. The molecule has 0 spiro atoms. The van der Waals surface area contributed by atoms with E-state index >= 15 is 0 Å². The monoisotopic (exact) mass is 229 g/mol. The highest BCUT2D eigenvalue weighted by atomic mass is 19.1. The third-order valence-corrected chi connectivity index (χ3v) is 2.21. The zero-order valence-electron chi connectivity index (χ0n) is 9.38. The van der Waals surface area contributed by atoms with Crippen molar-refractivity contribution in [3.05, 3.63) is 29.3 Å². The molecular weight excluding hydrogens is 212 g/mol. The van der Waals surface area contributed by atoms with Crippen LogP contribution in [0.3, 0.4) is 0 Å². The molecule has 1 unspecified atom stereocenters. The van der Waals surface area contributed by atoms with Crippen molar-refractivity contribution in [1.29, 1.82) is 0 Å². The standard InChI is InChI=1S/C12H17F2NO/c1-9(15)6-11-7-12(16-5-4-13)3-2-10(11)8-14/h2-3,7,9H,4-6,8,15H2,1H3. The van der Waals surface area contributed by atoms with Crippen molar-refractivity contribution in [3.8, 4) is 5.75 Å². The molecule has 16 heavy (non-hydrogen) atoms. The fourth-order valence-electron chi connectivity index (χ4n) is 1.52. The summed E-state index contributed by atoms with van der Waals surface area (Å²) in [6.07, 6.45) is 0.589. The number of nitrogens with two attached hydrogens (primary N) is 1. The Kier molecular flexibility index (Phi) is 5.19. The number of benzene rings is 1. The first-order valence-electron chi connectivity index (χ1n) is 5.29. The molecule has 0 heterocycles. The van der Waals surface area contributed by atoms with Crippen LogP contribution >= 0.6 is 0 Å². The van der Waals surface area contributed by atoms with E-state index in [1.807, 2.05) is 6.92 Å². The molecule has 0 aliphatic heterocycles. The molecule has 0 aliphatic carbocycles. The molecule has 2 nitrogen and oxygen atoms in total. The Hall–Kier alpha value is -1.16. The Balaban J connectivity index is 2.83. The third-order valence-electron chi connectivity index (χ3n) is 2.21. The highest BCUT2D eigenvalue weighted by Gasteiger charge is 2.07. The summed E-state index contributed by atoms with van der Waals surface area (Å²) in [5, 5.41) is 0. The predicted molar refractivity (Wildman–Crippen MR) is 60.1 cm³/mol. The van der Waals surface area contributed by atoms with Gasteiger partial charge in [0.15, 0.2) is 0 Å². The molecule has 0 saturated heterocycles. The van der Waals surface area contributed by atoms with Gasteiger partial charge >= 0.3 is 0 Å². The first-order valence-corrected chi connectivity index (χ1v) is 5.29. The zero-order chi connectivity index (χ0) is 12.0. The molecule has 4 heteroatoms. The Morgan fingerprint density at radius 3 is 2.62 bits per heavy atom. The Morgan fingerprint density at radius 2 is 2.06 bits per heavy atom. The van der Waals surface area contributed by atoms with E-state index in [2.05, 4.69) is 0 Å². The quantitative estimate of drug-likeness (QED) is 0.813. The SMILES string of the molecule is CC(N)Cc1cc(OCCF)ccc1CF. The highest BCUT2D eigenvalue weighted by Crippen LogP contribution is 2.20. The third kappa shape index (κ3) is 3.77. The lowest BCUT2D eigenvalue weighted by Crippen LogP contribution is -2.18. The fourth-order valence-corrected chi connectivity index (χ4v) is 1.52. The van der Waals surface area contributed by atoms with E-state index in [0.717, 1.165) is 5.56 Å². The predicted octanol–water partition coefficient (Wildman–Crippen LogP) is 2.39. The first kappa shape index (κ1) is 12.9. The number of hydrogen-bond acceptors (Lipinski definition) is 2. The van der Waals surface area contributed by atoms with E-state index < -0.39 is 13.3 Å². The minimum atomic E-state index is -0.534. The van der Waals surface area contributed by atoms with Gasteiger partial charge in [-0.15, -0.1) is 0 Å². The van der Waals surface area contributed by atoms with Crippen LogP contribution in [0.4, 0.5) is 8.78 Å². The summed E-state index contributed by atoms with van der Waals surface area (Å²) in [6, 6.07) is 5.00. The highest BCUT2D eigenvalue weighted by molar-refractivity contribution is 5.36. The van der Waals surface area contributed by atoms with Gasteiger partial charge in [0, 0.05) is 6.04 Å². The number of rotatable bonds is 6. The van der Waals surface area contributed by atoms with E-state index in [-0.39, 0.29) is 12.6 Å². The van der Waals surface area contributed by atoms with Crippen LogP contribution in [0.2, 0.25) is 0 Å². The largest absolute Gasteiger partial charge is 0.491 e. The van der Waals surface area contributed by atoms with Crippen molar-refractivity contribution in [3.63, 3.8) is 0 Å². The van der Waals surface area contributed by atoms with E-state index in [1.54, 1.807) is 18.2 Å². The van der Waals surface area contributed by atoms with Gasteiger partial charge in [-0.05, 0) is 36.6 Å². The van der Waals surface area contributed by atoms with Crippen LogP contribution in [0.25, 0.3) is 0 Å². The summed E-state index contributed by atoms with van der Waals surface area (Å²) in [5.74, 6) is 0.561. The fraction of sp³-hybridized carbons (Fsp3) is 0.500. The summed E-state index contributed by atoms with van der Waals surface area (Å²) in [4.78, 5) is 0. The van der Waals surface area contributed by atoms with Crippen molar-refractivity contribution < 1.29 is 13.5 Å². The molecule has 0 aromatic heterocycles. The Bertz CT molecular complexity index is 329. The minimum Gasteiger partial charge on any atom is -0.491 e. The minimum absolute atomic E-state index is 0.0204. The van der Waals surface area contributed by atoms with E-state index in [1.165, 1.54) is 0 Å². The number of hydrogen-bond donors (Lipinski definition) is 1. The molecule has 0 fully saturated rings. The van der Waals surface area contributed by atoms with Gasteiger partial charge in [0.05, 0.1) is 0 Å². The maximum absolute atomic E-state index is 12.7. The summed E-state index contributed by atoms with van der Waals surface area (Å²) in [5.41, 5.74) is 7.12. The molecule has 1 atom stereocenters. The molecule has 1 rings (SSSR count). The normalized spacial score (nSPS) is 12.5. The van der Waals surface area contributed by atoms with Crippen molar-refractivity contribution in [1.82, 2.24) is 0 Å². The van der Waals surface area contributed by atoms with E-state index in [4.69, 9.17) is 10.5 Å². The van der Waals surface area contributed by atoms with Gasteiger partial charge in [0.25, 0.3) is 0 Å². The lowest BCUT2D eigenvalue weighted by atomic mass is 10.0. The van der Waals surface area contributed by atoms with Crippen LogP contribution in [0, 0.1) is 0 Å². The van der Waals surface area contributed by atoms with Crippen LogP contribution in [0.5, 0.6) is 5.75 Å². The van der Waals surface area contributed by atoms with Crippen LogP contribution in [0.15, 0.2) is 18.2 Å². The second-order valence-corrected chi connectivity index (χ2v) is 3.78. The van der Waals surface area contributed by atoms with Gasteiger partial charge in [-0.2, -0.15) is 0 Å². The van der Waals surface area contributed by atoms with E-state index in [9.17, 15) is 8.78 Å². The van der Waals surface area contributed by atoms with Crippen LogP contribution in [-0.2, 0) is 13.1 Å². The molecule has 0 bridgehead atoms. The van der Waals surface area contributed by atoms with Gasteiger partial charge < -0.3 is 10.5 Å². The van der Waals surface area contributed by atoms with Crippen molar-refractivity contribution in [2.24, 2.45) is 5.73 Å². The van der Waals surface area contributed by atoms with Crippen LogP contribution in [-0.4, -0.2) is 19.3 Å². The summed E-state index contributed by atoms with van der Waals surface area (Å²) in [7, 11) is 0. The maximum atomic E-state index is 12.7. The maximum Gasteiger partial charge on any atom is 0.123 e. The Labute approximate surface area is 94.4 Å². The van der Waals surface area contributed by atoms with Crippen molar-refractivity contribution in [2.75, 3.05) is 13.3 Å². The average Bonchev–Trinajstić information content (AvgIpc) is 2.26. The topological polar surface area (TPSA) is 35.2 Å². The average molecular weight is 229 g/mol. The summed E-state index contributed by atoms with van der Waals surface area (Å²) in [6.45, 7) is 0.822. The molecule has 0 radical (unpaired) electrons. The van der Waals surface area contributed by atoms with Crippen molar-refractivity contribution >= 4 is 0 Å². The molecule has 0 saturated carbocycles. The van der Waals surface area contributed by atoms with Crippen LogP contribution in [0.1, 0.15) is 18.1 Å². The van der Waals surface area contributed by atoms with Gasteiger partial charge in [0.1, 0.15) is 25.7 Å². The van der Waals surface area contributed by atoms with Crippen LogP contribution < -0.4 is 10.5 Å². The smallest absolute Gasteiger partial charge is 0.123 e. The van der Waals surface area contributed by atoms with Gasteiger partial charge in [-0.3, -0.25) is 0 Å². The molecular formula is C12H17F2NO. The molecule has 1 aromatic carbocycles. The molecule has 90 valence electrons. The zero-order valence-corrected chi connectivity index (χ0v) is 9.38. The second kappa shape index (κ2) is 6.43. The number of alkyl halides is 2. The molecule has 2 N–H and O–H groups in total. The second-order valence-electron chi connectivity index (χ2n) is 3.78. The number of halogens is 2. The first-order chi connectivity index (χ1) is 7.67. The van der Waals surface area contributed by atoms with Gasteiger partial charge in [-0.1, -0.05) is 6.07 Å².